The van der Waals surface area contributed by atoms with E-state index < -0.39 is 10.8 Å². The van der Waals surface area contributed by atoms with Gasteiger partial charge in [-0.05, 0) is 37.3 Å². The monoisotopic (exact) mass is 478 g/mol. The number of non-ortho nitro benzene ring substituents is 1. The maximum atomic E-state index is 12.7. The number of rotatable bonds is 8. The number of hydrogen-bond donors (Lipinski definition) is 1. The molecule has 10 heteroatoms. The second-order valence-electron chi connectivity index (χ2n) is 7.29. The van der Waals surface area contributed by atoms with Crippen molar-refractivity contribution in [3.05, 3.63) is 105 Å². The van der Waals surface area contributed by atoms with Crippen molar-refractivity contribution in [2.24, 2.45) is 0 Å². The number of benzene rings is 3. The summed E-state index contributed by atoms with van der Waals surface area (Å²) >= 11 is 6.07. The number of nitrogens with zero attached hydrogens (tertiary/aromatic N) is 3. The van der Waals surface area contributed by atoms with Crippen molar-refractivity contribution >= 4 is 28.9 Å². The predicted octanol–water partition coefficient (Wildman–Crippen LogP) is 5.83. The van der Waals surface area contributed by atoms with Crippen LogP contribution in [0.3, 0.4) is 0 Å². The number of nitro benzene ring substituents is 1. The summed E-state index contributed by atoms with van der Waals surface area (Å²) in [5, 5.41) is 18.6. The van der Waals surface area contributed by atoms with E-state index in [4.69, 9.17) is 21.1 Å². The van der Waals surface area contributed by atoms with E-state index in [2.05, 4.69) is 10.4 Å². The zero-order chi connectivity index (χ0) is 24.1. The molecular weight excluding hydrogens is 460 g/mol. The molecule has 0 atom stereocenters. The highest BCUT2D eigenvalue weighted by molar-refractivity contribution is 6.32. The molecule has 1 heterocycles. The van der Waals surface area contributed by atoms with E-state index in [9.17, 15) is 14.9 Å². The number of anilines is 1. The quantitative estimate of drug-likeness (QED) is 0.252. The average Bonchev–Trinajstić information content (AvgIpc) is 3.29. The van der Waals surface area contributed by atoms with Crippen LogP contribution >= 0.6 is 11.6 Å². The summed E-state index contributed by atoms with van der Waals surface area (Å²) in [5.74, 6) is 0.675. The van der Waals surface area contributed by atoms with Gasteiger partial charge in [0.15, 0.2) is 12.4 Å². The Morgan fingerprint density at radius 2 is 1.85 bits per heavy atom. The third-order valence-electron chi connectivity index (χ3n) is 4.68. The molecule has 0 fully saturated rings. The molecule has 172 valence electrons. The van der Waals surface area contributed by atoms with Crippen LogP contribution < -0.4 is 14.8 Å². The fourth-order valence-electron chi connectivity index (χ4n) is 3.01. The van der Waals surface area contributed by atoms with Gasteiger partial charge in [0.2, 0.25) is 0 Å². The highest BCUT2D eigenvalue weighted by Crippen LogP contribution is 2.30. The van der Waals surface area contributed by atoms with Crippen molar-refractivity contribution in [3.8, 4) is 17.2 Å². The number of aryl methyl sites for hydroxylation is 1. The summed E-state index contributed by atoms with van der Waals surface area (Å²) in [6.07, 6.45) is 1.57. The number of aromatic nitrogens is 2. The molecule has 0 radical (unpaired) electrons. The van der Waals surface area contributed by atoms with Crippen molar-refractivity contribution in [1.82, 2.24) is 9.78 Å². The minimum atomic E-state index is -0.557. The van der Waals surface area contributed by atoms with Gasteiger partial charge >= 0.3 is 0 Å². The van der Waals surface area contributed by atoms with E-state index in [-0.39, 0.29) is 29.5 Å². The minimum absolute atomic E-state index is 0.0440. The van der Waals surface area contributed by atoms with Crippen molar-refractivity contribution in [2.45, 2.75) is 13.7 Å². The Morgan fingerprint density at radius 1 is 1.09 bits per heavy atom. The Morgan fingerprint density at radius 3 is 2.59 bits per heavy atom. The maximum absolute atomic E-state index is 12.7. The second-order valence-corrected chi connectivity index (χ2v) is 7.69. The van der Waals surface area contributed by atoms with Crippen LogP contribution in [-0.4, -0.2) is 20.6 Å². The van der Waals surface area contributed by atoms with Gasteiger partial charge in [0, 0.05) is 18.3 Å². The summed E-state index contributed by atoms with van der Waals surface area (Å²) in [7, 11) is 0. The molecule has 0 aliphatic carbocycles. The Labute approximate surface area is 199 Å². The van der Waals surface area contributed by atoms with Crippen LogP contribution in [0.25, 0.3) is 0 Å². The first-order chi connectivity index (χ1) is 16.4. The minimum Gasteiger partial charge on any atom is -0.470 e. The molecule has 0 aliphatic heterocycles. The molecule has 3 aromatic carbocycles. The Bertz CT molecular complexity index is 1340. The molecule has 34 heavy (non-hydrogen) atoms. The fourth-order valence-corrected chi connectivity index (χ4v) is 3.20. The summed E-state index contributed by atoms with van der Waals surface area (Å²) < 4.78 is 12.8. The van der Waals surface area contributed by atoms with Gasteiger partial charge in [0.25, 0.3) is 11.6 Å². The standard InChI is InChI=1S/C24H19ClN4O5/c1-16-6-8-19(9-7-16)34-20-13-17(12-18(14-20)29(31)32)26-24(30)22-10-11-28(27-22)15-33-23-5-3-2-4-21(23)25/h2-14H,15H2,1H3,(H,26,30). The first-order valence-corrected chi connectivity index (χ1v) is 10.5. The summed E-state index contributed by atoms with van der Waals surface area (Å²) in [6.45, 7) is 1.98. The molecule has 1 aromatic heterocycles. The summed E-state index contributed by atoms with van der Waals surface area (Å²) in [6, 6.07) is 19.8. The molecule has 0 spiro atoms. The number of amides is 1. The lowest BCUT2D eigenvalue weighted by molar-refractivity contribution is -0.384. The number of nitro groups is 1. The molecular formula is C24H19ClN4O5. The lowest BCUT2D eigenvalue weighted by Crippen LogP contribution is -2.14. The normalized spacial score (nSPS) is 10.5. The number of para-hydroxylation sites is 1. The maximum Gasteiger partial charge on any atom is 0.276 e. The number of carbonyl (C=O) groups is 1. The van der Waals surface area contributed by atoms with Crippen molar-refractivity contribution in [3.63, 3.8) is 0 Å². The predicted molar refractivity (Wildman–Crippen MR) is 127 cm³/mol. The second kappa shape index (κ2) is 10.1. The zero-order valence-electron chi connectivity index (χ0n) is 18.0. The highest BCUT2D eigenvalue weighted by atomic mass is 35.5. The number of halogens is 1. The first-order valence-electron chi connectivity index (χ1n) is 10.1. The van der Waals surface area contributed by atoms with E-state index in [1.807, 2.05) is 19.1 Å². The molecule has 4 rings (SSSR count). The van der Waals surface area contributed by atoms with Crippen LogP contribution in [0.1, 0.15) is 16.1 Å². The van der Waals surface area contributed by atoms with Crippen LogP contribution in [-0.2, 0) is 6.73 Å². The number of nitrogens with one attached hydrogen (secondary N) is 1. The smallest absolute Gasteiger partial charge is 0.276 e. The number of ether oxygens (including phenoxy) is 2. The summed E-state index contributed by atoms with van der Waals surface area (Å²) in [5.41, 5.74) is 1.13. The largest absolute Gasteiger partial charge is 0.470 e. The summed E-state index contributed by atoms with van der Waals surface area (Å²) in [4.78, 5) is 23.5. The molecule has 0 saturated carbocycles. The highest BCUT2D eigenvalue weighted by Gasteiger charge is 2.16. The van der Waals surface area contributed by atoms with Crippen LogP contribution in [0.5, 0.6) is 17.2 Å². The SMILES string of the molecule is Cc1ccc(Oc2cc(NC(=O)c3ccn(COc4ccccc4Cl)n3)cc([N+](=O)[O-])c2)cc1. The Kier molecular flexibility index (Phi) is 6.74. The van der Waals surface area contributed by atoms with Gasteiger partial charge in [-0.25, -0.2) is 4.68 Å². The molecule has 0 saturated heterocycles. The van der Waals surface area contributed by atoms with E-state index in [0.717, 1.165) is 5.56 Å². The molecule has 1 N–H and O–H groups in total. The van der Waals surface area contributed by atoms with Gasteiger partial charge in [-0.15, -0.1) is 0 Å². The van der Waals surface area contributed by atoms with Crippen LogP contribution in [0, 0.1) is 17.0 Å². The lowest BCUT2D eigenvalue weighted by atomic mass is 10.2. The molecule has 9 nitrogen and oxygen atoms in total. The molecule has 0 unspecified atom stereocenters. The van der Waals surface area contributed by atoms with E-state index in [1.165, 1.54) is 28.9 Å². The Balaban J connectivity index is 1.46. The number of hydrogen-bond acceptors (Lipinski definition) is 6. The van der Waals surface area contributed by atoms with Gasteiger partial charge in [-0.1, -0.05) is 41.4 Å². The molecule has 0 bridgehead atoms. The third kappa shape index (κ3) is 5.70. The van der Waals surface area contributed by atoms with Crippen LogP contribution in [0.4, 0.5) is 11.4 Å². The first kappa shape index (κ1) is 22.8. The van der Waals surface area contributed by atoms with Crippen molar-refractivity contribution in [2.75, 3.05) is 5.32 Å². The average molecular weight is 479 g/mol. The fraction of sp³-hybridized carbons (Fsp3) is 0.0833. The van der Waals surface area contributed by atoms with E-state index in [1.54, 1.807) is 42.6 Å². The molecule has 0 aliphatic rings. The van der Waals surface area contributed by atoms with Gasteiger partial charge in [0.1, 0.15) is 17.2 Å². The van der Waals surface area contributed by atoms with Crippen LogP contribution in [0.15, 0.2) is 79.0 Å². The topological polar surface area (TPSA) is 109 Å². The molecule has 1 amide bonds. The van der Waals surface area contributed by atoms with Crippen LogP contribution in [0.2, 0.25) is 5.02 Å². The van der Waals surface area contributed by atoms with Crippen molar-refractivity contribution < 1.29 is 19.2 Å². The van der Waals surface area contributed by atoms with Gasteiger partial charge in [-0.3, -0.25) is 14.9 Å². The van der Waals surface area contributed by atoms with E-state index >= 15 is 0 Å². The lowest BCUT2D eigenvalue weighted by Gasteiger charge is -2.09. The Hall–Kier alpha value is -4.37. The number of carbonyl (C=O) groups excluding carboxylic acids is 1. The van der Waals surface area contributed by atoms with Gasteiger partial charge < -0.3 is 14.8 Å². The third-order valence-corrected chi connectivity index (χ3v) is 4.99. The van der Waals surface area contributed by atoms with Crippen molar-refractivity contribution in [1.29, 1.82) is 0 Å². The van der Waals surface area contributed by atoms with Gasteiger partial charge in [0.05, 0.1) is 21.7 Å². The van der Waals surface area contributed by atoms with Gasteiger partial charge in [-0.2, -0.15) is 5.10 Å². The molecule has 4 aromatic rings. The van der Waals surface area contributed by atoms with E-state index in [0.29, 0.717) is 16.5 Å². The zero-order valence-corrected chi connectivity index (χ0v) is 18.7.